The summed E-state index contributed by atoms with van der Waals surface area (Å²) in [4.78, 5) is 46.0. The number of benzene rings is 3. The lowest BCUT2D eigenvalue weighted by molar-refractivity contribution is -0.121. The predicted molar refractivity (Wildman–Crippen MR) is 145 cm³/mol. The van der Waals surface area contributed by atoms with Gasteiger partial charge in [-0.2, -0.15) is 0 Å². The van der Waals surface area contributed by atoms with E-state index in [-0.39, 0.29) is 34.7 Å². The minimum atomic E-state index is -1.85. The van der Waals surface area contributed by atoms with Gasteiger partial charge < -0.3 is 13.8 Å². The lowest BCUT2D eigenvalue weighted by atomic mass is 9.84. The van der Waals surface area contributed by atoms with Crippen LogP contribution in [0.15, 0.2) is 86.5 Å². The van der Waals surface area contributed by atoms with E-state index in [1.165, 1.54) is 17.0 Å². The second-order valence-corrected chi connectivity index (χ2v) is 10.3. The van der Waals surface area contributed by atoms with Crippen molar-refractivity contribution in [1.82, 2.24) is 5.16 Å². The second-order valence-electron chi connectivity index (χ2n) is 9.82. The van der Waals surface area contributed by atoms with Crippen molar-refractivity contribution >= 4 is 45.9 Å². The molecule has 0 N–H and O–H groups in total. The van der Waals surface area contributed by atoms with E-state index in [1.54, 1.807) is 36.1 Å². The van der Waals surface area contributed by atoms with E-state index in [1.807, 2.05) is 43.3 Å². The van der Waals surface area contributed by atoms with Crippen molar-refractivity contribution in [3.63, 3.8) is 0 Å². The molecule has 0 radical (unpaired) electrons. The molecule has 192 valence electrons. The van der Waals surface area contributed by atoms with Crippen LogP contribution in [0, 0.1) is 13.8 Å². The number of aryl methyl sites for hydroxylation is 2. The van der Waals surface area contributed by atoms with Crippen molar-refractivity contribution in [3.8, 4) is 0 Å². The first kappa shape index (κ1) is 23.4. The molecule has 0 bridgehead atoms. The van der Waals surface area contributed by atoms with Gasteiger partial charge >= 0.3 is 0 Å². The predicted octanol–water partition coefficient (Wildman–Crippen LogP) is 5.50. The summed E-state index contributed by atoms with van der Waals surface area (Å²) in [5, 5.41) is 4.59. The molecule has 0 saturated carbocycles. The summed E-state index contributed by atoms with van der Waals surface area (Å²) in [6.45, 7) is 3.90. The molecule has 2 amide bonds. The third kappa shape index (κ3) is 3.12. The number of para-hydroxylation sites is 1. The van der Waals surface area contributed by atoms with E-state index < -0.39 is 22.8 Å². The van der Waals surface area contributed by atoms with Crippen LogP contribution in [0.3, 0.4) is 0 Å². The molecule has 4 heterocycles. The van der Waals surface area contributed by atoms with Gasteiger partial charge in [0.1, 0.15) is 11.3 Å². The van der Waals surface area contributed by atoms with E-state index in [4.69, 9.17) is 20.5 Å². The van der Waals surface area contributed by atoms with Gasteiger partial charge in [-0.25, -0.2) is 0 Å². The van der Waals surface area contributed by atoms with Crippen molar-refractivity contribution in [2.45, 2.75) is 25.9 Å². The molecule has 2 aliphatic rings. The maximum Gasteiger partial charge on any atom is 0.297 e. The molecule has 2 aliphatic heterocycles. The van der Waals surface area contributed by atoms with Crippen molar-refractivity contribution in [2.75, 3.05) is 9.80 Å². The van der Waals surface area contributed by atoms with Crippen molar-refractivity contribution in [3.05, 3.63) is 122 Å². The van der Waals surface area contributed by atoms with Crippen LogP contribution in [0.1, 0.15) is 38.6 Å². The van der Waals surface area contributed by atoms with Crippen LogP contribution in [-0.2, 0) is 16.9 Å². The molecular formula is C30H20ClN3O5. The first-order valence-electron chi connectivity index (χ1n) is 12.3. The molecule has 5 aromatic rings. The van der Waals surface area contributed by atoms with E-state index in [0.29, 0.717) is 22.0 Å². The molecule has 8 nitrogen and oxygen atoms in total. The Morgan fingerprint density at radius 2 is 1.77 bits per heavy atom. The summed E-state index contributed by atoms with van der Waals surface area (Å²) < 4.78 is 11.4. The molecule has 2 aromatic heterocycles. The lowest BCUT2D eigenvalue weighted by Gasteiger charge is -2.32. The van der Waals surface area contributed by atoms with Gasteiger partial charge in [0.05, 0.1) is 23.2 Å². The fourth-order valence-corrected chi connectivity index (χ4v) is 5.96. The largest absolute Gasteiger partial charge is 0.450 e. The summed E-state index contributed by atoms with van der Waals surface area (Å²) in [6, 6.07) is 21.2. The molecule has 1 spiro atoms. The minimum Gasteiger partial charge on any atom is -0.450 e. The third-order valence-electron chi connectivity index (χ3n) is 7.35. The summed E-state index contributed by atoms with van der Waals surface area (Å²) >= 11 is 6.23. The molecular weight excluding hydrogens is 518 g/mol. The number of aromatic nitrogens is 1. The number of hydrogen-bond acceptors (Lipinski definition) is 6. The normalized spacial score (nSPS) is 17.9. The highest BCUT2D eigenvalue weighted by Gasteiger charge is 2.66. The van der Waals surface area contributed by atoms with Crippen molar-refractivity contribution < 1.29 is 18.5 Å². The van der Waals surface area contributed by atoms with Gasteiger partial charge in [-0.3, -0.25) is 19.3 Å². The molecule has 0 fully saturated rings. The Morgan fingerprint density at radius 1 is 0.949 bits per heavy atom. The van der Waals surface area contributed by atoms with E-state index >= 15 is 0 Å². The monoisotopic (exact) mass is 537 g/mol. The average Bonchev–Trinajstić information content (AvgIpc) is 3.53. The summed E-state index contributed by atoms with van der Waals surface area (Å²) in [5.74, 6) is -0.795. The highest BCUT2D eigenvalue weighted by Crippen LogP contribution is 2.54. The van der Waals surface area contributed by atoms with E-state index in [2.05, 4.69) is 5.16 Å². The number of amides is 2. The number of fused-ring (bicyclic) bond motifs is 5. The van der Waals surface area contributed by atoms with Gasteiger partial charge in [-0.1, -0.05) is 64.8 Å². The molecule has 0 aliphatic carbocycles. The molecule has 1 unspecified atom stereocenters. The molecule has 0 saturated heterocycles. The van der Waals surface area contributed by atoms with Crippen LogP contribution in [0.2, 0.25) is 5.02 Å². The maximum atomic E-state index is 14.8. The average molecular weight is 538 g/mol. The number of carbonyl (C=O) groups is 2. The van der Waals surface area contributed by atoms with Gasteiger partial charge in [0.25, 0.3) is 11.8 Å². The Bertz CT molecular complexity index is 1930. The molecule has 7 rings (SSSR count). The van der Waals surface area contributed by atoms with Crippen LogP contribution in [0.4, 0.5) is 11.5 Å². The minimum absolute atomic E-state index is 0.0629. The summed E-state index contributed by atoms with van der Waals surface area (Å²) in [5.41, 5.74) is 0.781. The second kappa shape index (κ2) is 8.15. The SMILES string of the molecule is Cc1cccc(CN2C(=O)C3(c4ccccc42)c2c(oc4ccc(Cl)cc4c2=O)C(=O)N3c2cc(C)on2)c1. The van der Waals surface area contributed by atoms with Crippen LogP contribution < -0.4 is 15.2 Å². The molecule has 9 heteroatoms. The van der Waals surface area contributed by atoms with Crippen LogP contribution in [-0.4, -0.2) is 17.0 Å². The quantitative estimate of drug-likeness (QED) is 0.301. The zero-order valence-corrected chi connectivity index (χ0v) is 21.7. The first-order valence-corrected chi connectivity index (χ1v) is 12.7. The zero-order valence-electron chi connectivity index (χ0n) is 20.9. The van der Waals surface area contributed by atoms with Gasteiger partial charge in [0, 0.05) is 16.7 Å². The van der Waals surface area contributed by atoms with Gasteiger partial charge in [0.15, 0.2) is 16.8 Å². The number of nitrogens with zero attached hydrogens (tertiary/aromatic N) is 3. The molecule has 3 aromatic carbocycles. The standard InChI is InChI=1S/C30H20ClN3O5/c1-16-6-5-7-18(12-16)15-33-22-9-4-3-8-21(22)30(29(33)37)25-26(35)20-14-19(31)10-11-23(20)38-27(25)28(36)34(30)24-13-17(2)39-32-24/h3-14H,15H2,1-2H3. The highest BCUT2D eigenvalue weighted by atomic mass is 35.5. The van der Waals surface area contributed by atoms with Crippen molar-refractivity contribution in [1.29, 1.82) is 0 Å². The van der Waals surface area contributed by atoms with Gasteiger partial charge in [-0.15, -0.1) is 0 Å². The summed E-state index contributed by atoms with van der Waals surface area (Å²) in [7, 11) is 0. The highest BCUT2D eigenvalue weighted by molar-refractivity contribution is 6.31. The fourth-order valence-electron chi connectivity index (χ4n) is 5.79. The number of hydrogen-bond donors (Lipinski definition) is 0. The Kier molecular flexibility index (Phi) is 4.90. The van der Waals surface area contributed by atoms with E-state index in [0.717, 1.165) is 11.1 Å². The fraction of sp³-hybridized carbons (Fsp3) is 0.133. The van der Waals surface area contributed by atoms with Crippen LogP contribution >= 0.6 is 11.6 Å². The van der Waals surface area contributed by atoms with Gasteiger partial charge in [-0.05, 0) is 43.7 Å². The zero-order chi connectivity index (χ0) is 27.1. The Balaban J connectivity index is 1.56. The number of halogens is 1. The third-order valence-corrected chi connectivity index (χ3v) is 7.59. The Morgan fingerprint density at radius 3 is 2.54 bits per heavy atom. The Hall–Kier alpha value is -4.69. The number of anilines is 2. The molecule has 39 heavy (non-hydrogen) atoms. The number of rotatable bonds is 3. The Labute approximate surface area is 227 Å². The topological polar surface area (TPSA) is 96.9 Å². The first-order chi connectivity index (χ1) is 18.8. The number of carbonyl (C=O) groups excluding carboxylic acids is 2. The van der Waals surface area contributed by atoms with Crippen LogP contribution in [0.5, 0.6) is 0 Å². The maximum absolute atomic E-state index is 14.8. The van der Waals surface area contributed by atoms with Crippen molar-refractivity contribution in [2.24, 2.45) is 0 Å². The van der Waals surface area contributed by atoms with Crippen LogP contribution in [0.25, 0.3) is 11.0 Å². The lowest BCUT2D eigenvalue weighted by Crippen LogP contribution is -2.53. The summed E-state index contributed by atoms with van der Waals surface area (Å²) in [6.07, 6.45) is 0. The molecule has 1 atom stereocenters. The van der Waals surface area contributed by atoms with E-state index in [9.17, 15) is 14.4 Å². The van der Waals surface area contributed by atoms with Gasteiger partial charge in [0.2, 0.25) is 5.76 Å². The smallest absolute Gasteiger partial charge is 0.297 e.